The lowest BCUT2D eigenvalue weighted by molar-refractivity contribution is 0.0115. The van der Waals surface area contributed by atoms with Crippen molar-refractivity contribution in [1.29, 1.82) is 0 Å². The van der Waals surface area contributed by atoms with E-state index < -0.39 is 5.60 Å². The summed E-state index contributed by atoms with van der Waals surface area (Å²) in [4.78, 5) is 2.33. The minimum Gasteiger partial charge on any atom is -0.389 e. The van der Waals surface area contributed by atoms with E-state index in [0.717, 1.165) is 38.9 Å². The number of hydrogen-bond acceptors (Lipinski definition) is 3. The highest BCUT2D eigenvalue weighted by molar-refractivity contribution is 4.96. The Kier molecular flexibility index (Phi) is 3.57. The molecule has 2 aliphatic rings. The second kappa shape index (κ2) is 4.63. The molecule has 3 nitrogen and oxygen atoms in total. The fourth-order valence-electron chi connectivity index (χ4n) is 3.29. The molecule has 3 heteroatoms. The topological polar surface area (TPSA) is 49.5 Å². The van der Waals surface area contributed by atoms with Crippen molar-refractivity contribution in [2.75, 3.05) is 26.7 Å². The van der Waals surface area contributed by atoms with Crippen molar-refractivity contribution in [1.82, 2.24) is 4.90 Å². The minimum absolute atomic E-state index is 0.395. The predicted molar refractivity (Wildman–Crippen MR) is 66.3 cm³/mol. The van der Waals surface area contributed by atoms with Crippen LogP contribution in [0.15, 0.2) is 0 Å². The van der Waals surface area contributed by atoms with Crippen LogP contribution in [0.1, 0.15) is 44.9 Å². The molecule has 0 amide bonds. The van der Waals surface area contributed by atoms with Gasteiger partial charge in [0.05, 0.1) is 5.60 Å². The maximum atomic E-state index is 10.3. The molecule has 2 saturated carbocycles. The second-order valence-electron chi connectivity index (χ2n) is 6.14. The van der Waals surface area contributed by atoms with Gasteiger partial charge in [0.15, 0.2) is 0 Å². The first-order chi connectivity index (χ1) is 7.58. The lowest BCUT2D eigenvalue weighted by Gasteiger charge is -2.31. The number of nitrogens with two attached hydrogens (primary N) is 1. The largest absolute Gasteiger partial charge is 0.389 e. The van der Waals surface area contributed by atoms with Crippen molar-refractivity contribution >= 4 is 0 Å². The molecule has 0 saturated heterocycles. The highest BCUT2D eigenvalue weighted by Gasteiger charge is 2.43. The molecule has 3 N–H and O–H groups in total. The fourth-order valence-corrected chi connectivity index (χ4v) is 3.29. The smallest absolute Gasteiger partial charge is 0.0774 e. The molecule has 0 unspecified atom stereocenters. The molecule has 94 valence electrons. The van der Waals surface area contributed by atoms with Gasteiger partial charge in [0.1, 0.15) is 0 Å². The standard InChI is InChI=1S/C13H26N2O/c1-15(10-12(6-7-12)8-9-14)11-13(16)4-2-3-5-13/h16H,2-11,14H2,1H3. The van der Waals surface area contributed by atoms with E-state index in [-0.39, 0.29) is 0 Å². The van der Waals surface area contributed by atoms with Crippen LogP contribution < -0.4 is 5.73 Å². The van der Waals surface area contributed by atoms with Crippen LogP contribution in [0.5, 0.6) is 0 Å². The number of hydrogen-bond donors (Lipinski definition) is 2. The van der Waals surface area contributed by atoms with Crippen LogP contribution in [-0.2, 0) is 0 Å². The van der Waals surface area contributed by atoms with E-state index in [9.17, 15) is 5.11 Å². The molecule has 2 rings (SSSR count). The molecule has 16 heavy (non-hydrogen) atoms. The monoisotopic (exact) mass is 226 g/mol. The molecule has 0 atom stereocenters. The minimum atomic E-state index is -0.395. The molecule has 2 aliphatic carbocycles. The number of nitrogens with zero attached hydrogens (tertiary/aromatic N) is 1. The zero-order chi connectivity index (χ0) is 11.6. The Morgan fingerprint density at radius 3 is 2.25 bits per heavy atom. The van der Waals surface area contributed by atoms with Gasteiger partial charge in [-0.25, -0.2) is 0 Å². The van der Waals surface area contributed by atoms with Crippen LogP contribution in [0.3, 0.4) is 0 Å². The zero-order valence-electron chi connectivity index (χ0n) is 10.5. The van der Waals surface area contributed by atoms with Gasteiger partial charge in [0.25, 0.3) is 0 Å². The summed E-state index contributed by atoms with van der Waals surface area (Å²) in [5, 5.41) is 10.3. The maximum Gasteiger partial charge on any atom is 0.0774 e. The SMILES string of the molecule is CN(CC1(O)CCCC1)CC1(CCN)CC1. The Morgan fingerprint density at radius 2 is 1.75 bits per heavy atom. The van der Waals surface area contributed by atoms with Crippen LogP contribution in [-0.4, -0.2) is 42.3 Å². The van der Waals surface area contributed by atoms with Gasteiger partial charge in [-0.05, 0) is 51.1 Å². The summed E-state index contributed by atoms with van der Waals surface area (Å²) in [6.45, 7) is 2.77. The number of likely N-dealkylation sites (N-methyl/N-ethyl adjacent to an activating group) is 1. The van der Waals surface area contributed by atoms with E-state index in [2.05, 4.69) is 11.9 Å². The zero-order valence-corrected chi connectivity index (χ0v) is 10.5. The van der Waals surface area contributed by atoms with Crippen LogP contribution in [0.4, 0.5) is 0 Å². The van der Waals surface area contributed by atoms with Crippen LogP contribution in [0.25, 0.3) is 0 Å². The number of aliphatic hydroxyl groups is 1. The first kappa shape index (κ1) is 12.3. The molecule has 0 spiro atoms. The predicted octanol–water partition coefficient (Wildman–Crippen LogP) is 1.35. The van der Waals surface area contributed by atoms with E-state index in [1.165, 1.54) is 25.7 Å². The van der Waals surface area contributed by atoms with E-state index in [1.54, 1.807) is 0 Å². The fraction of sp³-hybridized carbons (Fsp3) is 1.00. The van der Waals surface area contributed by atoms with E-state index in [4.69, 9.17) is 5.73 Å². The molecule has 0 aliphatic heterocycles. The Morgan fingerprint density at radius 1 is 1.12 bits per heavy atom. The maximum absolute atomic E-state index is 10.3. The van der Waals surface area contributed by atoms with Gasteiger partial charge in [-0.3, -0.25) is 0 Å². The van der Waals surface area contributed by atoms with Gasteiger partial charge >= 0.3 is 0 Å². The van der Waals surface area contributed by atoms with E-state index in [1.807, 2.05) is 0 Å². The van der Waals surface area contributed by atoms with Crippen LogP contribution >= 0.6 is 0 Å². The molecule has 0 aromatic heterocycles. The van der Waals surface area contributed by atoms with E-state index >= 15 is 0 Å². The van der Waals surface area contributed by atoms with Crippen molar-refractivity contribution in [3.05, 3.63) is 0 Å². The van der Waals surface area contributed by atoms with Crippen molar-refractivity contribution in [3.8, 4) is 0 Å². The van der Waals surface area contributed by atoms with E-state index in [0.29, 0.717) is 5.41 Å². The third-order valence-corrected chi connectivity index (χ3v) is 4.34. The highest BCUT2D eigenvalue weighted by Crippen LogP contribution is 2.49. The Bertz CT molecular complexity index is 232. The number of rotatable bonds is 6. The molecule has 0 radical (unpaired) electrons. The molecule has 0 aromatic carbocycles. The molecular formula is C13H26N2O. The Hall–Kier alpha value is -0.120. The van der Waals surface area contributed by atoms with Gasteiger partial charge in [0, 0.05) is 13.1 Å². The van der Waals surface area contributed by atoms with Gasteiger partial charge in [0.2, 0.25) is 0 Å². The van der Waals surface area contributed by atoms with Gasteiger partial charge in [-0.2, -0.15) is 0 Å². The molecule has 2 fully saturated rings. The van der Waals surface area contributed by atoms with Gasteiger partial charge < -0.3 is 15.7 Å². The molecular weight excluding hydrogens is 200 g/mol. The summed E-state index contributed by atoms with van der Waals surface area (Å²) < 4.78 is 0. The van der Waals surface area contributed by atoms with Gasteiger partial charge in [-0.1, -0.05) is 12.8 Å². The first-order valence-electron chi connectivity index (χ1n) is 6.69. The van der Waals surface area contributed by atoms with Crippen molar-refractivity contribution in [2.24, 2.45) is 11.1 Å². The van der Waals surface area contributed by atoms with Crippen LogP contribution in [0.2, 0.25) is 0 Å². The lowest BCUT2D eigenvalue weighted by atomic mass is 9.98. The van der Waals surface area contributed by atoms with Crippen LogP contribution in [0, 0.1) is 5.41 Å². The summed E-state index contributed by atoms with van der Waals surface area (Å²) >= 11 is 0. The summed E-state index contributed by atoms with van der Waals surface area (Å²) in [7, 11) is 2.15. The van der Waals surface area contributed by atoms with Crippen molar-refractivity contribution in [2.45, 2.75) is 50.5 Å². The second-order valence-corrected chi connectivity index (χ2v) is 6.14. The van der Waals surface area contributed by atoms with Gasteiger partial charge in [-0.15, -0.1) is 0 Å². The molecule has 0 heterocycles. The third kappa shape index (κ3) is 2.96. The Labute approximate surface area is 99.0 Å². The molecule has 0 aromatic rings. The normalized spacial score (nSPS) is 26.2. The quantitative estimate of drug-likeness (QED) is 0.719. The summed E-state index contributed by atoms with van der Waals surface area (Å²) in [6, 6.07) is 0. The lowest BCUT2D eigenvalue weighted by Crippen LogP contribution is -2.41. The third-order valence-electron chi connectivity index (χ3n) is 4.34. The summed E-state index contributed by atoms with van der Waals surface area (Å²) in [6.07, 6.45) is 8.16. The van der Waals surface area contributed by atoms with Crippen molar-refractivity contribution < 1.29 is 5.11 Å². The molecule has 0 bridgehead atoms. The Balaban J connectivity index is 1.77. The summed E-state index contributed by atoms with van der Waals surface area (Å²) in [5.41, 5.74) is 5.76. The average Bonchev–Trinajstić information content (AvgIpc) is 2.80. The highest BCUT2D eigenvalue weighted by atomic mass is 16.3. The average molecular weight is 226 g/mol. The first-order valence-corrected chi connectivity index (χ1v) is 6.69. The summed E-state index contributed by atoms with van der Waals surface area (Å²) in [5.74, 6) is 0. The van der Waals surface area contributed by atoms with Crippen molar-refractivity contribution in [3.63, 3.8) is 0 Å².